The van der Waals surface area contributed by atoms with Gasteiger partial charge < -0.3 is 0 Å². The van der Waals surface area contributed by atoms with Gasteiger partial charge in [-0.2, -0.15) is 0 Å². The van der Waals surface area contributed by atoms with Crippen molar-refractivity contribution in [3.63, 3.8) is 0 Å². The average Bonchev–Trinajstić information content (AvgIpc) is 2.70. The van der Waals surface area contributed by atoms with E-state index in [1.807, 2.05) is 0 Å². The van der Waals surface area contributed by atoms with E-state index in [1.165, 1.54) is 108 Å². The van der Waals surface area contributed by atoms with Gasteiger partial charge in [-0.1, -0.05) is 132 Å². The quantitative estimate of drug-likeness (QED) is 0.175. The molecule has 1 rings (SSSR count). The van der Waals surface area contributed by atoms with E-state index in [4.69, 9.17) is 10.4 Å². The van der Waals surface area contributed by atoms with Crippen LogP contribution >= 0.6 is 0 Å². The molecule has 0 amide bonds. The predicted molar refractivity (Wildman–Crippen MR) is 119 cm³/mol. The summed E-state index contributed by atoms with van der Waals surface area (Å²) >= 11 is 0. The first-order valence-corrected chi connectivity index (χ1v) is 12.0. The maximum absolute atomic E-state index is 8.61. The molecule has 0 aromatic heterocycles. The SMILES string of the molecule is ON(O)CCCCCCCCCCCCCCCCCCCc1ccccc1. The van der Waals surface area contributed by atoms with Gasteiger partial charge in [-0.05, 0) is 24.8 Å². The molecule has 1 aromatic carbocycles. The third-order valence-corrected chi connectivity index (χ3v) is 5.67. The fraction of sp³-hybridized carbons (Fsp3) is 0.760. The summed E-state index contributed by atoms with van der Waals surface area (Å²) in [6.07, 6.45) is 23.9. The van der Waals surface area contributed by atoms with Crippen LogP contribution in [0.5, 0.6) is 0 Å². The lowest BCUT2D eigenvalue weighted by molar-refractivity contribution is -0.306. The number of nitrogens with zero attached hydrogens (tertiary/aromatic N) is 1. The summed E-state index contributed by atoms with van der Waals surface area (Å²) in [6, 6.07) is 10.9. The van der Waals surface area contributed by atoms with Crippen LogP contribution in [0.25, 0.3) is 0 Å². The molecular formula is C25H45NO2. The monoisotopic (exact) mass is 391 g/mol. The lowest BCUT2D eigenvalue weighted by Gasteiger charge is -2.05. The van der Waals surface area contributed by atoms with Crippen molar-refractivity contribution in [2.45, 2.75) is 116 Å². The van der Waals surface area contributed by atoms with Crippen molar-refractivity contribution in [1.29, 1.82) is 0 Å². The van der Waals surface area contributed by atoms with Gasteiger partial charge in [0.2, 0.25) is 0 Å². The van der Waals surface area contributed by atoms with E-state index in [-0.39, 0.29) is 0 Å². The van der Waals surface area contributed by atoms with Crippen molar-refractivity contribution in [2.75, 3.05) is 6.54 Å². The lowest BCUT2D eigenvalue weighted by Crippen LogP contribution is -2.14. The number of rotatable bonds is 20. The largest absolute Gasteiger partial charge is 0.290 e. The molecule has 1 aromatic rings. The highest BCUT2D eigenvalue weighted by Gasteiger charge is 1.97. The smallest absolute Gasteiger partial charge is 0.0512 e. The second-order valence-electron chi connectivity index (χ2n) is 8.34. The van der Waals surface area contributed by atoms with Gasteiger partial charge in [-0.15, -0.1) is 0 Å². The van der Waals surface area contributed by atoms with Crippen molar-refractivity contribution < 1.29 is 10.4 Å². The summed E-state index contributed by atoms with van der Waals surface area (Å²) in [7, 11) is 0. The van der Waals surface area contributed by atoms with E-state index in [1.54, 1.807) is 0 Å². The molecule has 0 atom stereocenters. The van der Waals surface area contributed by atoms with E-state index >= 15 is 0 Å². The van der Waals surface area contributed by atoms with Gasteiger partial charge in [-0.3, -0.25) is 10.4 Å². The molecule has 0 aliphatic carbocycles. The summed E-state index contributed by atoms with van der Waals surface area (Å²) in [5, 5.41) is 17.5. The fourth-order valence-corrected chi connectivity index (χ4v) is 3.88. The normalized spacial score (nSPS) is 11.4. The van der Waals surface area contributed by atoms with Crippen LogP contribution in [0, 0.1) is 0 Å². The van der Waals surface area contributed by atoms with Gasteiger partial charge in [0, 0.05) is 0 Å². The zero-order valence-corrected chi connectivity index (χ0v) is 18.2. The molecule has 0 spiro atoms. The Balaban J connectivity index is 1.68. The minimum absolute atomic E-state index is 0.299. The zero-order valence-electron chi connectivity index (χ0n) is 18.2. The van der Waals surface area contributed by atoms with Gasteiger partial charge in [0.05, 0.1) is 6.54 Å². The Morgan fingerprint density at radius 2 is 0.821 bits per heavy atom. The molecule has 0 saturated carbocycles. The summed E-state index contributed by atoms with van der Waals surface area (Å²) < 4.78 is 0. The highest BCUT2D eigenvalue weighted by atomic mass is 16.8. The Morgan fingerprint density at radius 3 is 1.21 bits per heavy atom. The first kappa shape index (κ1) is 25.1. The van der Waals surface area contributed by atoms with Crippen LogP contribution in [0.4, 0.5) is 0 Å². The van der Waals surface area contributed by atoms with Gasteiger partial charge >= 0.3 is 0 Å². The standard InChI is InChI=1S/C25H45NO2/c27-26(28)24-20-15-13-11-9-7-5-3-1-2-4-6-8-10-12-14-17-21-25-22-18-16-19-23-25/h16,18-19,22-23,27-28H,1-15,17,20-21,24H2. The van der Waals surface area contributed by atoms with Crippen LogP contribution in [0.1, 0.15) is 115 Å². The van der Waals surface area contributed by atoms with Gasteiger partial charge in [-0.25, -0.2) is 0 Å². The van der Waals surface area contributed by atoms with Gasteiger partial charge in [0.1, 0.15) is 0 Å². The molecule has 3 nitrogen and oxygen atoms in total. The van der Waals surface area contributed by atoms with E-state index in [9.17, 15) is 0 Å². The fourth-order valence-electron chi connectivity index (χ4n) is 3.88. The van der Waals surface area contributed by atoms with Crippen LogP contribution in [0.15, 0.2) is 30.3 Å². The highest BCUT2D eigenvalue weighted by Crippen LogP contribution is 2.14. The molecule has 0 fully saturated rings. The number of hydroxylamine groups is 2. The maximum atomic E-state index is 8.61. The van der Waals surface area contributed by atoms with Crippen molar-refractivity contribution >= 4 is 0 Å². The summed E-state index contributed by atoms with van der Waals surface area (Å²) in [5.41, 5.74) is 1.49. The second kappa shape index (κ2) is 19.4. The Hall–Kier alpha value is -0.900. The Morgan fingerprint density at radius 1 is 0.464 bits per heavy atom. The first-order chi connectivity index (χ1) is 13.8. The number of hydrogen-bond acceptors (Lipinski definition) is 3. The lowest BCUT2D eigenvalue weighted by atomic mass is 10.0. The summed E-state index contributed by atoms with van der Waals surface area (Å²) in [5.74, 6) is 0. The minimum Gasteiger partial charge on any atom is -0.290 e. The van der Waals surface area contributed by atoms with Crippen molar-refractivity contribution in [3.8, 4) is 0 Å². The summed E-state index contributed by atoms with van der Waals surface area (Å²) in [4.78, 5) is 0. The van der Waals surface area contributed by atoms with E-state index in [2.05, 4.69) is 30.3 Å². The predicted octanol–water partition coefficient (Wildman–Crippen LogP) is 7.94. The molecule has 0 unspecified atom stereocenters. The summed E-state index contributed by atoms with van der Waals surface area (Å²) in [6.45, 7) is 0.369. The van der Waals surface area contributed by atoms with Crippen molar-refractivity contribution in [1.82, 2.24) is 5.23 Å². The molecule has 162 valence electrons. The van der Waals surface area contributed by atoms with E-state index in [0.29, 0.717) is 11.8 Å². The molecular weight excluding hydrogens is 346 g/mol. The van der Waals surface area contributed by atoms with Gasteiger partial charge in [0.15, 0.2) is 0 Å². The molecule has 0 heterocycles. The molecule has 0 radical (unpaired) electrons. The van der Waals surface area contributed by atoms with Crippen LogP contribution in [-0.4, -0.2) is 22.2 Å². The van der Waals surface area contributed by atoms with Gasteiger partial charge in [0.25, 0.3) is 0 Å². The molecule has 0 saturated heterocycles. The molecule has 0 bridgehead atoms. The molecule has 28 heavy (non-hydrogen) atoms. The second-order valence-corrected chi connectivity index (χ2v) is 8.34. The Kier molecular flexibility index (Phi) is 17.4. The number of aryl methyl sites for hydroxylation is 1. The first-order valence-electron chi connectivity index (χ1n) is 12.0. The maximum Gasteiger partial charge on any atom is 0.0512 e. The Bertz CT molecular complexity index is 422. The van der Waals surface area contributed by atoms with E-state index < -0.39 is 0 Å². The van der Waals surface area contributed by atoms with Crippen LogP contribution in [0.2, 0.25) is 0 Å². The van der Waals surface area contributed by atoms with Crippen molar-refractivity contribution in [3.05, 3.63) is 35.9 Å². The Labute approximate surface area is 174 Å². The molecule has 0 aliphatic heterocycles. The third-order valence-electron chi connectivity index (χ3n) is 5.67. The van der Waals surface area contributed by atoms with Crippen LogP contribution in [-0.2, 0) is 6.42 Å². The molecule has 3 heteroatoms. The van der Waals surface area contributed by atoms with Crippen LogP contribution < -0.4 is 0 Å². The topological polar surface area (TPSA) is 43.7 Å². The molecule has 0 aliphatic rings. The minimum atomic E-state index is 0.299. The average molecular weight is 392 g/mol. The molecule has 2 N–H and O–H groups in total. The highest BCUT2D eigenvalue weighted by molar-refractivity contribution is 5.14. The van der Waals surface area contributed by atoms with Crippen molar-refractivity contribution in [2.24, 2.45) is 0 Å². The van der Waals surface area contributed by atoms with E-state index in [0.717, 1.165) is 12.8 Å². The zero-order chi connectivity index (χ0) is 20.1. The third kappa shape index (κ3) is 17.2. The number of benzene rings is 1. The number of hydrogen-bond donors (Lipinski definition) is 2. The number of unbranched alkanes of at least 4 members (excludes halogenated alkanes) is 16. The van der Waals surface area contributed by atoms with Crippen LogP contribution in [0.3, 0.4) is 0 Å².